The van der Waals surface area contributed by atoms with E-state index in [9.17, 15) is 40.7 Å². The highest BCUT2D eigenvalue weighted by Crippen LogP contribution is 2.34. The number of unbranched alkanes of at least 4 members (excludes halogenated alkanes) is 2. The number of fused-ring (bicyclic) bond motifs is 1. The molecule has 2 N–H and O–H groups in total. The number of carboxylic acid groups (broad SMARTS) is 1. The smallest absolute Gasteiger partial charge is 0.416 e. The van der Waals surface area contributed by atoms with Gasteiger partial charge in [0.05, 0.1) is 23.2 Å². The second-order valence-corrected chi connectivity index (χ2v) is 11.4. The largest absolute Gasteiger partial charge is 0.481 e. The Kier molecular flexibility index (Phi) is 11.2. The molecule has 0 radical (unpaired) electrons. The van der Waals surface area contributed by atoms with Crippen LogP contribution in [0.5, 0.6) is 0 Å². The van der Waals surface area contributed by atoms with Crippen molar-refractivity contribution in [1.29, 1.82) is 0 Å². The van der Waals surface area contributed by atoms with Gasteiger partial charge in [0.25, 0.3) is 5.91 Å². The molecule has 0 saturated heterocycles. The lowest BCUT2D eigenvalue weighted by molar-refractivity contribution is -0.138. The van der Waals surface area contributed by atoms with Crippen molar-refractivity contribution in [2.75, 3.05) is 6.54 Å². The molecular formula is C35H34F6N2O4. The Morgan fingerprint density at radius 2 is 1.43 bits per heavy atom. The van der Waals surface area contributed by atoms with Gasteiger partial charge in [-0.2, -0.15) is 26.3 Å². The molecule has 1 aromatic heterocycles. The third-order valence-electron chi connectivity index (χ3n) is 7.95. The van der Waals surface area contributed by atoms with Gasteiger partial charge in [0, 0.05) is 35.5 Å². The standard InChI is InChI=1S/C35H34F6N2O4/c1-2-3-4-5-25(18-22-6-10-24(11-7-22)33(47)42-17-16-31(44)45)32(46)30-20-26-19-28(35(39,40)41)14-15-29(26)43(30)21-23-8-12-27(13-9-23)34(36,37)38/h6-15,19-20,25H,2-5,16-18,21H2,1H3,(H,42,47)(H,44,45). The number of alkyl halides is 6. The van der Waals surface area contributed by atoms with Gasteiger partial charge in [0.2, 0.25) is 0 Å². The number of amides is 1. The van der Waals surface area contributed by atoms with Crippen LogP contribution in [0.25, 0.3) is 10.9 Å². The zero-order chi connectivity index (χ0) is 34.4. The minimum Gasteiger partial charge on any atom is -0.481 e. The number of hydrogen-bond acceptors (Lipinski definition) is 3. The molecule has 0 aliphatic carbocycles. The Labute approximate surface area is 267 Å². The summed E-state index contributed by atoms with van der Waals surface area (Å²) in [5.74, 6) is -2.37. The minimum atomic E-state index is -4.62. The Morgan fingerprint density at radius 3 is 2.02 bits per heavy atom. The molecule has 0 saturated carbocycles. The van der Waals surface area contributed by atoms with Gasteiger partial charge in [0.15, 0.2) is 5.78 Å². The van der Waals surface area contributed by atoms with E-state index < -0.39 is 41.3 Å². The summed E-state index contributed by atoms with van der Waals surface area (Å²) in [6, 6.07) is 15.5. The quantitative estimate of drug-likeness (QED) is 0.0806. The van der Waals surface area contributed by atoms with Crippen molar-refractivity contribution < 1.29 is 45.8 Å². The monoisotopic (exact) mass is 660 g/mol. The van der Waals surface area contributed by atoms with Crippen molar-refractivity contribution in [2.24, 2.45) is 5.92 Å². The summed E-state index contributed by atoms with van der Waals surface area (Å²) in [6.07, 6.45) is -6.16. The van der Waals surface area contributed by atoms with Crippen molar-refractivity contribution in [1.82, 2.24) is 9.88 Å². The van der Waals surface area contributed by atoms with Gasteiger partial charge >= 0.3 is 18.3 Å². The number of rotatable bonds is 14. The fraction of sp³-hybridized carbons (Fsp3) is 0.343. The third kappa shape index (κ3) is 9.24. The van der Waals surface area contributed by atoms with E-state index in [-0.39, 0.29) is 42.8 Å². The Hall–Kier alpha value is -4.61. The molecule has 1 amide bonds. The van der Waals surface area contributed by atoms with Crippen molar-refractivity contribution in [2.45, 2.75) is 64.3 Å². The number of halogens is 6. The number of ketones is 1. The van der Waals surface area contributed by atoms with Crippen LogP contribution in [0.15, 0.2) is 72.8 Å². The second kappa shape index (κ2) is 14.9. The van der Waals surface area contributed by atoms with Crippen LogP contribution in [0.4, 0.5) is 26.3 Å². The van der Waals surface area contributed by atoms with Crippen LogP contribution < -0.4 is 5.32 Å². The molecule has 0 aliphatic heterocycles. The van der Waals surface area contributed by atoms with Gasteiger partial charge < -0.3 is 15.0 Å². The fourth-order valence-electron chi connectivity index (χ4n) is 5.44. The summed E-state index contributed by atoms with van der Waals surface area (Å²) in [6.45, 7) is 1.94. The number of carbonyl (C=O) groups is 3. The zero-order valence-electron chi connectivity index (χ0n) is 25.5. The van der Waals surface area contributed by atoms with Crippen LogP contribution in [0.2, 0.25) is 0 Å². The van der Waals surface area contributed by atoms with Gasteiger partial charge in [-0.1, -0.05) is 50.5 Å². The molecule has 0 aliphatic rings. The van der Waals surface area contributed by atoms with Crippen molar-refractivity contribution in [3.8, 4) is 0 Å². The number of nitrogens with zero attached hydrogens (tertiary/aromatic N) is 1. The maximum Gasteiger partial charge on any atom is 0.416 e. The highest BCUT2D eigenvalue weighted by molar-refractivity contribution is 6.02. The predicted octanol–water partition coefficient (Wildman–Crippen LogP) is 8.55. The maximum atomic E-state index is 14.2. The molecule has 3 aromatic carbocycles. The van der Waals surface area contributed by atoms with Crippen molar-refractivity contribution in [3.63, 3.8) is 0 Å². The summed E-state index contributed by atoms with van der Waals surface area (Å²) in [4.78, 5) is 37.3. The van der Waals surface area contributed by atoms with E-state index in [2.05, 4.69) is 5.32 Å². The molecule has 0 spiro atoms. The summed E-state index contributed by atoms with van der Waals surface area (Å²) in [5, 5.41) is 11.5. The van der Waals surface area contributed by atoms with E-state index in [1.807, 2.05) is 6.92 Å². The number of benzene rings is 3. The third-order valence-corrected chi connectivity index (χ3v) is 7.95. The summed E-state index contributed by atoms with van der Waals surface area (Å²) >= 11 is 0. The number of carboxylic acids is 1. The number of carbonyl (C=O) groups excluding carboxylic acids is 2. The topological polar surface area (TPSA) is 88.4 Å². The minimum absolute atomic E-state index is 0.0329. The van der Waals surface area contributed by atoms with Crippen LogP contribution in [-0.2, 0) is 30.1 Å². The second-order valence-electron chi connectivity index (χ2n) is 11.4. The molecule has 1 unspecified atom stereocenters. The molecule has 47 heavy (non-hydrogen) atoms. The number of Topliss-reactive ketones (excluding diaryl/α,β-unsaturated/α-hetero) is 1. The van der Waals surface area contributed by atoms with Gasteiger partial charge in [-0.25, -0.2) is 0 Å². The average molecular weight is 661 g/mol. The van der Waals surface area contributed by atoms with E-state index in [0.717, 1.165) is 42.7 Å². The zero-order valence-corrected chi connectivity index (χ0v) is 25.5. The number of hydrogen-bond donors (Lipinski definition) is 2. The molecular weight excluding hydrogens is 626 g/mol. The van der Waals surface area contributed by atoms with Crippen LogP contribution in [0.1, 0.15) is 82.1 Å². The molecule has 1 heterocycles. The van der Waals surface area contributed by atoms with E-state index in [0.29, 0.717) is 29.5 Å². The number of nitrogens with one attached hydrogen (secondary N) is 1. The predicted molar refractivity (Wildman–Crippen MR) is 164 cm³/mol. The van der Waals surface area contributed by atoms with Gasteiger partial charge in [-0.05, 0) is 72.5 Å². The van der Waals surface area contributed by atoms with Gasteiger partial charge in [0.1, 0.15) is 0 Å². The number of aromatic nitrogens is 1. The molecule has 4 rings (SSSR count). The fourth-order valence-corrected chi connectivity index (χ4v) is 5.44. The highest BCUT2D eigenvalue weighted by atomic mass is 19.4. The molecule has 4 aromatic rings. The first-order valence-electron chi connectivity index (χ1n) is 15.2. The van der Waals surface area contributed by atoms with Gasteiger partial charge in [-0.3, -0.25) is 14.4 Å². The van der Waals surface area contributed by atoms with Crippen molar-refractivity contribution in [3.05, 3.63) is 106 Å². The van der Waals surface area contributed by atoms with Gasteiger partial charge in [-0.15, -0.1) is 0 Å². The molecule has 6 nitrogen and oxygen atoms in total. The van der Waals surface area contributed by atoms with Crippen LogP contribution >= 0.6 is 0 Å². The molecule has 250 valence electrons. The van der Waals surface area contributed by atoms with E-state index >= 15 is 0 Å². The lowest BCUT2D eigenvalue weighted by Crippen LogP contribution is -2.26. The first-order valence-corrected chi connectivity index (χ1v) is 15.2. The Balaban J connectivity index is 1.67. The summed E-state index contributed by atoms with van der Waals surface area (Å²) < 4.78 is 81.7. The van der Waals surface area contributed by atoms with Crippen LogP contribution in [0.3, 0.4) is 0 Å². The first-order chi connectivity index (χ1) is 22.2. The van der Waals surface area contributed by atoms with Crippen molar-refractivity contribution >= 4 is 28.6 Å². The molecule has 12 heteroatoms. The molecule has 0 bridgehead atoms. The summed E-state index contributed by atoms with van der Waals surface area (Å²) in [7, 11) is 0. The lowest BCUT2D eigenvalue weighted by Gasteiger charge is -2.19. The highest BCUT2D eigenvalue weighted by Gasteiger charge is 2.32. The van der Waals surface area contributed by atoms with E-state index in [4.69, 9.17) is 5.11 Å². The van der Waals surface area contributed by atoms with Crippen LogP contribution in [0, 0.1) is 5.92 Å². The molecule has 1 atom stereocenters. The average Bonchev–Trinajstić information content (AvgIpc) is 3.37. The summed E-state index contributed by atoms with van der Waals surface area (Å²) in [5.41, 5.74) is 0.245. The normalized spacial score (nSPS) is 12.7. The SMILES string of the molecule is CCCCCC(Cc1ccc(C(=O)NCCC(=O)O)cc1)C(=O)c1cc2cc(C(F)(F)F)ccc2n1Cc1ccc(C(F)(F)F)cc1. The number of aliphatic carboxylic acids is 1. The Bertz CT molecular complexity index is 1710. The van der Waals surface area contributed by atoms with E-state index in [1.54, 1.807) is 28.8 Å². The van der Waals surface area contributed by atoms with E-state index in [1.165, 1.54) is 24.3 Å². The van der Waals surface area contributed by atoms with Crippen LogP contribution in [-0.4, -0.2) is 33.9 Å². The first kappa shape index (κ1) is 35.2. The lowest BCUT2D eigenvalue weighted by atomic mass is 9.88. The Morgan fingerprint density at radius 1 is 0.809 bits per heavy atom. The molecule has 0 fully saturated rings. The maximum absolute atomic E-state index is 14.2.